The van der Waals surface area contributed by atoms with Crippen LogP contribution >= 0.6 is 0 Å². The van der Waals surface area contributed by atoms with Gasteiger partial charge in [-0.1, -0.05) is 0 Å². The molecule has 1 aromatic rings. The van der Waals surface area contributed by atoms with E-state index in [0.29, 0.717) is 17.7 Å². The Morgan fingerprint density at radius 3 is 2.95 bits per heavy atom. The molecule has 0 spiro atoms. The van der Waals surface area contributed by atoms with Crippen molar-refractivity contribution >= 4 is 5.91 Å². The second-order valence-corrected chi connectivity index (χ2v) is 5.19. The molecule has 3 N–H and O–H groups in total. The Balaban J connectivity index is 2.07. The molecular formula is C14H19FN2O2. The lowest BCUT2D eigenvalue weighted by Crippen LogP contribution is -2.24. The van der Waals surface area contributed by atoms with Crippen molar-refractivity contribution in [3.63, 3.8) is 0 Å². The van der Waals surface area contributed by atoms with Crippen LogP contribution in [0.5, 0.6) is 0 Å². The molecule has 0 saturated carbocycles. The number of rotatable bonds is 4. The summed E-state index contributed by atoms with van der Waals surface area (Å²) in [6.07, 6.45) is 0.571. The van der Waals surface area contributed by atoms with Crippen LogP contribution in [0.1, 0.15) is 29.3 Å². The van der Waals surface area contributed by atoms with Crippen LogP contribution in [0.15, 0.2) is 18.2 Å². The minimum atomic E-state index is -0.551. The lowest BCUT2D eigenvalue weighted by atomic mass is 10.0. The van der Waals surface area contributed by atoms with Crippen molar-refractivity contribution in [1.82, 2.24) is 4.90 Å². The van der Waals surface area contributed by atoms with Gasteiger partial charge in [0, 0.05) is 24.2 Å². The van der Waals surface area contributed by atoms with Crippen molar-refractivity contribution in [3.05, 3.63) is 35.1 Å². The maximum absolute atomic E-state index is 13.7. The topological polar surface area (TPSA) is 66.6 Å². The van der Waals surface area contributed by atoms with Gasteiger partial charge in [0.1, 0.15) is 5.82 Å². The highest BCUT2D eigenvalue weighted by atomic mass is 19.1. The standard InChI is InChI=1S/C14H19FN2O2/c1-9(18)11-4-5-17(7-11)8-12-6-10(14(16)19)2-3-13(12)15/h2-3,6,9,11,18H,4-5,7-8H2,1H3,(H2,16,19). The van der Waals surface area contributed by atoms with E-state index in [1.165, 1.54) is 18.2 Å². The number of nitrogens with zero attached hydrogens (tertiary/aromatic N) is 1. The van der Waals surface area contributed by atoms with E-state index in [2.05, 4.69) is 4.90 Å². The maximum Gasteiger partial charge on any atom is 0.248 e. The van der Waals surface area contributed by atoms with Crippen molar-refractivity contribution in [2.45, 2.75) is 26.0 Å². The summed E-state index contributed by atoms with van der Waals surface area (Å²) in [5, 5.41) is 9.55. The number of amides is 1. The van der Waals surface area contributed by atoms with Gasteiger partial charge in [0.05, 0.1) is 6.10 Å². The molecule has 1 fully saturated rings. The number of benzene rings is 1. The first-order chi connectivity index (χ1) is 8.97. The average molecular weight is 266 g/mol. The largest absolute Gasteiger partial charge is 0.393 e. The Hall–Kier alpha value is -1.46. The lowest BCUT2D eigenvalue weighted by Gasteiger charge is -2.18. The number of hydrogen-bond acceptors (Lipinski definition) is 3. The molecule has 1 heterocycles. The van der Waals surface area contributed by atoms with Gasteiger partial charge in [0.2, 0.25) is 5.91 Å². The summed E-state index contributed by atoms with van der Waals surface area (Å²) in [5.74, 6) is -0.641. The number of likely N-dealkylation sites (tertiary alicyclic amines) is 1. The normalized spacial score (nSPS) is 21.5. The lowest BCUT2D eigenvalue weighted by molar-refractivity contribution is 0.1000. The molecule has 1 amide bonds. The molecule has 5 heteroatoms. The summed E-state index contributed by atoms with van der Waals surface area (Å²) >= 11 is 0. The molecule has 1 saturated heterocycles. The number of aliphatic hydroxyl groups excluding tert-OH is 1. The van der Waals surface area contributed by atoms with Gasteiger partial charge in [-0.15, -0.1) is 0 Å². The SMILES string of the molecule is CC(O)C1CCN(Cc2cc(C(N)=O)ccc2F)C1. The summed E-state index contributed by atoms with van der Waals surface area (Å²) in [4.78, 5) is 13.2. The van der Waals surface area contributed by atoms with Crippen molar-refractivity contribution in [2.75, 3.05) is 13.1 Å². The van der Waals surface area contributed by atoms with E-state index in [1.807, 2.05) is 0 Å². The van der Waals surface area contributed by atoms with E-state index in [9.17, 15) is 14.3 Å². The molecule has 0 radical (unpaired) electrons. The fraction of sp³-hybridized carbons (Fsp3) is 0.500. The predicted molar refractivity (Wildman–Crippen MR) is 70.0 cm³/mol. The number of carbonyl (C=O) groups excluding carboxylic acids is 1. The predicted octanol–water partition coefficient (Wildman–Crippen LogP) is 1.13. The van der Waals surface area contributed by atoms with Crippen molar-refractivity contribution in [2.24, 2.45) is 11.7 Å². The van der Waals surface area contributed by atoms with E-state index in [1.54, 1.807) is 6.92 Å². The number of primary amides is 1. The Bertz CT molecular complexity index is 477. The third-order valence-electron chi connectivity index (χ3n) is 3.72. The van der Waals surface area contributed by atoms with Crippen LogP contribution in [0.25, 0.3) is 0 Å². The van der Waals surface area contributed by atoms with Crippen LogP contribution < -0.4 is 5.73 Å². The van der Waals surface area contributed by atoms with E-state index in [-0.39, 0.29) is 17.8 Å². The summed E-state index contributed by atoms with van der Waals surface area (Å²) in [6, 6.07) is 4.18. The van der Waals surface area contributed by atoms with Gasteiger partial charge >= 0.3 is 0 Å². The minimum absolute atomic E-state index is 0.238. The Kier molecular flexibility index (Phi) is 4.17. The van der Waals surface area contributed by atoms with Crippen LogP contribution in [0.3, 0.4) is 0 Å². The van der Waals surface area contributed by atoms with E-state index >= 15 is 0 Å². The molecule has 19 heavy (non-hydrogen) atoms. The van der Waals surface area contributed by atoms with Gasteiger partial charge in [-0.2, -0.15) is 0 Å². The fourth-order valence-electron chi connectivity index (χ4n) is 2.49. The van der Waals surface area contributed by atoms with Gasteiger partial charge in [-0.05, 0) is 44.0 Å². The van der Waals surface area contributed by atoms with Gasteiger partial charge in [-0.3, -0.25) is 9.69 Å². The first kappa shape index (κ1) is 14.0. The van der Waals surface area contributed by atoms with Crippen LogP contribution in [0.4, 0.5) is 4.39 Å². The molecule has 4 nitrogen and oxygen atoms in total. The smallest absolute Gasteiger partial charge is 0.248 e. The highest BCUT2D eigenvalue weighted by molar-refractivity contribution is 5.92. The third-order valence-corrected chi connectivity index (χ3v) is 3.72. The molecular weight excluding hydrogens is 247 g/mol. The highest BCUT2D eigenvalue weighted by Crippen LogP contribution is 2.22. The van der Waals surface area contributed by atoms with Crippen molar-refractivity contribution in [1.29, 1.82) is 0 Å². The zero-order valence-corrected chi connectivity index (χ0v) is 11.0. The third kappa shape index (κ3) is 3.30. The molecule has 1 aliphatic heterocycles. The number of nitrogens with two attached hydrogens (primary N) is 1. The number of hydrogen-bond donors (Lipinski definition) is 2. The number of carbonyl (C=O) groups is 1. The van der Waals surface area contributed by atoms with E-state index in [4.69, 9.17) is 5.73 Å². The van der Waals surface area contributed by atoms with Gasteiger partial charge in [-0.25, -0.2) is 4.39 Å². The fourth-order valence-corrected chi connectivity index (χ4v) is 2.49. The second kappa shape index (κ2) is 5.67. The molecule has 2 rings (SSSR count). The van der Waals surface area contributed by atoms with Crippen LogP contribution in [-0.2, 0) is 6.54 Å². The summed E-state index contributed by atoms with van der Waals surface area (Å²) in [7, 11) is 0. The molecule has 2 unspecified atom stereocenters. The summed E-state index contributed by atoms with van der Waals surface area (Å²) < 4.78 is 13.7. The van der Waals surface area contributed by atoms with Gasteiger partial charge in [0.15, 0.2) is 0 Å². The molecule has 0 aliphatic carbocycles. The van der Waals surface area contributed by atoms with Gasteiger partial charge < -0.3 is 10.8 Å². The molecule has 1 aromatic carbocycles. The minimum Gasteiger partial charge on any atom is -0.393 e. The number of aliphatic hydroxyl groups is 1. The monoisotopic (exact) mass is 266 g/mol. The molecule has 2 atom stereocenters. The van der Waals surface area contributed by atoms with Crippen LogP contribution in [0, 0.1) is 11.7 Å². The van der Waals surface area contributed by atoms with Crippen LogP contribution in [0.2, 0.25) is 0 Å². The van der Waals surface area contributed by atoms with Crippen LogP contribution in [-0.4, -0.2) is 35.1 Å². The molecule has 1 aliphatic rings. The molecule has 104 valence electrons. The van der Waals surface area contributed by atoms with Gasteiger partial charge in [0.25, 0.3) is 0 Å². The Labute approximate surface area is 112 Å². The zero-order valence-electron chi connectivity index (χ0n) is 11.0. The average Bonchev–Trinajstić information content (AvgIpc) is 2.80. The number of halogens is 1. The maximum atomic E-state index is 13.7. The van der Waals surface area contributed by atoms with Crippen molar-refractivity contribution < 1.29 is 14.3 Å². The first-order valence-electron chi connectivity index (χ1n) is 6.46. The zero-order chi connectivity index (χ0) is 14.0. The molecule has 0 bridgehead atoms. The van der Waals surface area contributed by atoms with E-state index in [0.717, 1.165) is 19.5 Å². The molecule has 0 aromatic heterocycles. The second-order valence-electron chi connectivity index (χ2n) is 5.19. The Morgan fingerprint density at radius 2 is 2.37 bits per heavy atom. The summed E-state index contributed by atoms with van der Waals surface area (Å²) in [6.45, 7) is 3.80. The first-order valence-corrected chi connectivity index (χ1v) is 6.46. The highest BCUT2D eigenvalue weighted by Gasteiger charge is 2.26. The quantitative estimate of drug-likeness (QED) is 0.858. The van der Waals surface area contributed by atoms with E-state index < -0.39 is 5.91 Å². The summed E-state index contributed by atoms with van der Waals surface area (Å²) in [5.41, 5.74) is 5.99. The van der Waals surface area contributed by atoms with Crippen molar-refractivity contribution in [3.8, 4) is 0 Å². The Morgan fingerprint density at radius 1 is 1.63 bits per heavy atom.